The number of carbonyl (C=O) groups excluding carboxylic acids is 2. The molecule has 0 aromatic carbocycles. The summed E-state index contributed by atoms with van der Waals surface area (Å²) >= 11 is 0. The van der Waals surface area contributed by atoms with E-state index in [9.17, 15) is 14.4 Å². The Morgan fingerprint density at radius 1 is 1.24 bits per heavy atom. The Balaban J connectivity index is 3.13. The van der Waals surface area contributed by atoms with Gasteiger partial charge in [0, 0.05) is 23.8 Å². The Hall–Kier alpha value is -2.11. The fraction of sp³-hybridized carbons (Fsp3) is 0.533. The summed E-state index contributed by atoms with van der Waals surface area (Å²) in [5, 5.41) is 8.78. The zero-order valence-electron chi connectivity index (χ0n) is 13.1. The zero-order chi connectivity index (χ0) is 16.3. The molecule has 1 aromatic rings. The monoisotopic (exact) mass is 294 g/mol. The third-order valence-electron chi connectivity index (χ3n) is 3.45. The molecule has 1 heterocycles. The summed E-state index contributed by atoms with van der Waals surface area (Å²) in [5.74, 6) is -1.32. The maximum atomic E-state index is 12.6. The summed E-state index contributed by atoms with van der Waals surface area (Å²) in [6.45, 7) is 8.73. The minimum Gasteiger partial charge on any atom is -0.481 e. The first-order valence-corrected chi connectivity index (χ1v) is 6.89. The molecule has 1 rings (SSSR count). The van der Waals surface area contributed by atoms with E-state index < -0.39 is 5.97 Å². The van der Waals surface area contributed by atoms with E-state index in [4.69, 9.17) is 5.11 Å². The average Bonchev–Trinajstić information content (AvgIpc) is 2.63. The number of aryl methyl sites for hydroxylation is 1. The fourth-order valence-electron chi connectivity index (χ4n) is 2.45. The number of carboxylic acids is 1. The lowest BCUT2D eigenvalue weighted by molar-refractivity contribution is -0.137. The predicted octanol–water partition coefficient (Wildman–Crippen LogP) is 2.16. The Morgan fingerprint density at radius 3 is 2.19 bits per heavy atom. The van der Waals surface area contributed by atoms with Gasteiger partial charge >= 0.3 is 5.97 Å². The number of aromatic nitrogens is 1. The number of aliphatic carboxylic acids is 1. The van der Waals surface area contributed by atoms with Crippen molar-refractivity contribution in [2.75, 3.05) is 6.54 Å². The summed E-state index contributed by atoms with van der Waals surface area (Å²) in [5.41, 5.74) is 2.16. The van der Waals surface area contributed by atoms with Crippen LogP contribution < -0.4 is 0 Å². The van der Waals surface area contributed by atoms with Crippen molar-refractivity contribution in [3.8, 4) is 0 Å². The number of amides is 1. The van der Waals surface area contributed by atoms with E-state index in [2.05, 4.69) is 4.98 Å². The molecule has 1 aromatic heterocycles. The lowest BCUT2D eigenvalue weighted by atomic mass is 10.1. The van der Waals surface area contributed by atoms with E-state index >= 15 is 0 Å². The molecular formula is C15H22N2O4. The number of ketones is 1. The average molecular weight is 294 g/mol. The molecule has 0 aliphatic carbocycles. The second-order valence-electron chi connectivity index (χ2n) is 5.42. The smallest absolute Gasteiger partial charge is 0.305 e. The molecule has 0 unspecified atom stereocenters. The number of Topliss-reactive ketones (excluding diaryl/α,β-unsaturated/α-hetero) is 1. The largest absolute Gasteiger partial charge is 0.481 e. The third kappa shape index (κ3) is 3.71. The minimum absolute atomic E-state index is 0.0954. The zero-order valence-corrected chi connectivity index (χ0v) is 13.1. The molecule has 2 N–H and O–H groups in total. The van der Waals surface area contributed by atoms with Crippen LogP contribution in [0.4, 0.5) is 0 Å². The molecule has 6 heteroatoms. The lowest BCUT2D eigenvalue weighted by Gasteiger charge is -2.26. The van der Waals surface area contributed by atoms with Gasteiger partial charge in [-0.3, -0.25) is 14.4 Å². The molecule has 0 atom stereocenters. The molecule has 0 saturated carbocycles. The Labute approximate surface area is 124 Å². The first-order chi connectivity index (χ1) is 9.66. The van der Waals surface area contributed by atoms with Gasteiger partial charge in [0.1, 0.15) is 5.69 Å². The summed E-state index contributed by atoms with van der Waals surface area (Å²) in [6, 6.07) is -0.124. The maximum absolute atomic E-state index is 12.6. The van der Waals surface area contributed by atoms with Crippen LogP contribution in [0.2, 0.25) is 0 Å². The summed E-state index contributed by atoms with van der Waals surface area (Å²) in [4.78, 5) is 39.4. The minimum atomic E-state index is -0.947. The lowest BCUT2D eigenvalue weighted by Crippen LogP contribution is -2.39. The molecule has 0 fully saturated rings. The molecular weight excluding hydrogens is 272 g/mol. The Morgan fingerprint density at radius 2 is 1.81 bits per heavy atom. The van der Waals surface area contributed by atoms with Crippen molar-refractivity contribution in [1.29, 1.82) is 0 Å². The van der Waals surface area contributed by atoms with Crippen LogP contribution in [-0.2, 0) is 4.79 Å². The van der Waals surface area contributed by atoms with Gasteiger partial charge in [0.15, 0.2) is 5.78 Å². The van der Waals surface area contributed by atoms with Crippen molar-refractivity contribution >= 4 is 17.7 Å². The molecule has 0 aliphatic rings. The van der Waals surface area contributed by atoms with Gasteiger partial charge in [-0.05, 0) is 40.2 Å². The van der Waals surface area contributed by atoms with E-state index in [1.165, 1.54) is 11.8 Å². The molecule has 21 heavy (non-hydrogen) atoms. The molecule has 0 aliphatic heterocycles. The second kappa shape index (κ2) is 6.56. The van der Waals surface area contributed by atoms with Crippen LogP contribution in [0, 0.1) is 13.8 Å². The van der Waals surface area contributed by atoms with E-state index in [0.717, 1.165) is 0 Å². The predicted molar refractivity (Wildman–Crippen MR) is 78.7 cm³/mol. The van der Waals surface area contributed by atoms with E-state index in [0.29, 0.717) is 22.5 Å². The summed E-state index contributed by atoms with van der Waals surface area (Å²) < 4.78 is 0. The van der Waals surface area contributed by atoms with Crippen LogP contribution in [0.1, 0.15) is 59.3 Å². The van der Waals surface area contributed by atoms with Crippen molar-refractivity contribution in [1.82, 2.24) is 9.88 Å². The van der Waals surface area contributed by atoms with Gasteiger partial charge in [-0.1, -0.05) is 0 Å². The van der Waals surface area contributed by atoms with E-state index in [1.807, 2.05) is 13.8 Å². The van der Waals surface area contributed by atoms with Crippen LogP contribution in [0.15, 0.2) is 0 Å². The van der Waals surface area contributed by atoms with Gasteiger partial charge in [-0.25, -0.2) is 0 Å². The van der Waals surface area contributed by atoms with Gasteiger partial charge in [-0.2, -0.15) is 0 Å². The molecule has 0 saturated heterocycles. The van der Waals surface area contributed by atoms with Gasteiger partial charge in [0.25, 0.3) is 5.91 Å². The maximum Gasteiger partial charge on any atom is 0.305 e. The van der Waals surface area contributed by atoms with Crippen molar-refractivity contribution < 1.29 is 19.5 Å². The van der Waals surface area contributed by atoms with Crippen molar-refractivity contribution in [2.24, 2.45) is 0 Å². The normalized spacial score (nSPS) is 10.8. The topological polar surface area (TPSA) is 90.5 Å². The first kappa shape index (κ1) is 16.9. The quantitative estimate of drug-likeness (QED) is 0.787. The molecule has 116 valence electrons. The van der Waals surface area contributed by atoms with Gasteiger partial charge in [0.05, 0.1) is 6.42 Å². The van der Waals surface area contributed by atoms with Gasteiger partial charge in [-0.15, -0.1) is 0 Å². The summed E-state index contributed by atoms with van der Waals surface area (Å²) in [7, 11) is 0. The van der Waals surface area contributed by atoms with Gasteiger partial charge < -0.3 is 15.0 Å². The molecule has 1 amide bonds. The number of carboxylic acid groups (broad SMARTS) is 1. The van der Waals surface area contributed by atoms with Crippen molar-refractivity contribution in [2.45, 2.75) is 47.1 Å². The molecule has 0 radical (unpaired) electrons. The highest BCUT2D eigenvalue weighted by molar-refractivity contribution is 6.02. The first-order valence-electron chi connectivity index (χ1n) is 6.89. The van der Waals surface area contributed by atoms with Crippen LogP contribution in [0.5, 0.6) is 0 Å². The SMILES string of the molecule is CC(=O)c1c(C)[nH]c(C(=O)N(CCC(=O)O)C(C)C)c1C. The van der Waals surface area contributed by atoms with Crippen molar-refractivity contribution in [3.63, 3.8) is 0 Å². The highest BCUT2D eigenvalue weighted by atomic mass is 16.4. The Kier molecular flexibility index (Phi) is 5.29. The standard InChI is InChI=1S/C15H22N2O4/c1-8(2)17(7-6-12(19)20)15(21)14-9(3)13(11(5)18)10(4)16-14/h8,16H,6-7H2,1-5H3,(H,19,20). The van der Waals surface area contributed by atoms with Crippen LogP contribution >= 0.6 is 0 Å². The number of nitrogens with zero attached hydrogens (tertiary/aromatic N) is 1. The van der Waals surface area contributed by atoms with E-state index in [-0.39, 0.29) is 30.7 Å². The fourth-order valence-corrected chi connectivity index (χ4v) is 2.45. The van der Waals surface area contributed by atoms with Crippen LogP contribution in [-0.4, -0.2) is 45.2 Å². The number of hydrogen-bond acceptors (Lipinski definition) is 3. The summed E-state index contributed by atoms with van der Waals surface area (Å²) in [6.07, 6.45) is -0.109. The highest BCUT2D eigenvalue weighted by Gasteiger charge is 2.25. The number of carbonyl (C=O) groups is 3. The second-order valence-corrected chi connectivity index (χ2v) is 5.42. The molecule has 0 bridgehead atoms. The van der Waals surface area contributed by atoms with Crippen LogP contribution in [0.25, 0.3) is 0 Å². The third-order valence-corrected chi connectivity index (χ3v) is 3.45. The van der Waals surface area contributed by atoms with E-state index in [1.54, 1.807) is 13.8 Å². The highest BCUT2D eigenvalue weighted by Crippen LogP contribution is 2.20. The number of hydrogen-bond donors (Lipinski definition) is 2. The number of rotatable bonds is 6. The molecule has 0 spiro atoms. The number of aromatic amines is 1. The van der Waals surface area contributed by atoms with Crippen molar-refractivity contribution in [3.05, 3.63) is 22.5 Å². The Bertz CT molecular complexity index is 572. The van der Waals surface area contributed by atoms with Crippen LogP contribution in [0.3, 0.4) is 0 Å². The van der Waals surface area contributed by atoms with Gasteiger partial charge in [0.2, 0.25) is 0 Å². The number of H-pyrrole nitrogens is 1. The molecule has 6 nitrogen and oxygen atoms in total. The number of nitrogens with one attached hydrogen (secondary N) is 1.